The highest BCUT2D eigenvalue weighted by atomic mass is 16.5. The molecule has 0 atom stereocenters. The summed E-state index contributed by atoms with van der Waals surface area (Å²) < 4.78 is 5.90. The van der Waals surface area contributed by atoms with Gasteiger partial charge < -0.3 is 10.5 Å². The van der Waals surface area contributed by atoms with E-state index < -0.39 is 0 Å². The van der Waals surface area contributed by atoms with E-state index in [1.165, 1.54) is 0 Å². The molecule has 0 saturated carbocycles. The maximum atomic E-state index is 5.90. The molecule has 0 saturated heterocycles. The van der Waals surface area contributed by atoms with E-state index >= 15 is 0 Å². The van der Waals surface area contributed by atoms with Crippen molar-refractivity contribution in [2.75, 3.05) is 0 Å². The third-order valence-electron chi connectivity index (χ3n) is 3.23. The van der Waals surface area contributed by atoms with Crippen LogP contribution in [0.1, 0.15) is 11.1 Å². The molecule has 0 aliphatic heterocycles. The number of fused-ring (bicyclic) bond motifs is 1. The number of hydrogen-bond acceptors (Lipinski definition) is 3. The van der Waals surface area contributed by atoms with Gasteiger partial charge in [-0.25, -0.2) is 0 Å². The van der Waals surface area contributed by atoms with Gasteiger partial charge in [0.15, 0.2) is 0 Å². The smallest absolute Gasteiger partial charge is 0.131 e. The van der Waals surface area contributed by atoms with Crippen molar-refractivity contribution in [1.82, 2.24) is 10.2 Å². The molecule has 1 heterocycles. The first-order chi connectivity index (χ1) is 9.28. The zero-order valence-corrected chi connectivity index (χ0v) is 10.7. The lowest BCUT2D eigenvalue weighted by atomic mass is 10.1. The lowest BCUT2D eigenvalue weighted by Gasteiger charge is -2.09. The first-order valence-electron chi connectivity index (χ1n) is 6.17. The van der Waals surface area contributed by atoms with Gasteiger partial charge in [0.1, 0.15) is 11.5 Å². The minimum atomic E-state index is 0.542. The summed E-state index contributed by atoms with van der Waals surface area (Å²) in [6, 6.07) is 11.7. The van der Waals surface area contributed by atoms with Gasteiger partial charge in [0.2, 0.25) is 0 Å². The molecule has 0 amide bonds. The molecule has 3 aromatic rings. The van der Waals surface area contributed by atoms with Gasteiger partial charge in [0, 0.05) is 17.5 Å². The van der Waals surface area contributed by atoms with Crippen LogP contribution in [0.15, 0.2) is 42.6 Å². The van der Waals surface area contributed by atoms with Gasteiger partial charge in [-0.15, -0.1) is 0 Å². The average molecular weight is 253 g/mol. The molecule has 0 aliphatic rings. The van der Waals surface area contributed by atoms with Gasteiger partial charge in [-0.2, -0.15) is 5.10 Å². The van der Waals surface area contributed by atoms with E-state index in [9.17, 15) is 0 Å². The Balaban J connectivity index is 1.93. The van der Waals surface area contributed by atoms with Gasteiger partial charge in [0.25, 0.3) is 0 Å². The summed E-state index contributed by atoms with van der Waals surface area (Å²) >= 11 is 0. The summed E-state index contributed by atoms with van der Waals surface area (Å²) in [6.45, 7) is 2.57. The van der Waals surface area contributed by atoms with Crippen LogP contribution in [0.3, 0.4) is 0 Å². The largest absolute Gasteiger partial charge is 0.457 e. The molecule has 1 aromatic heterocycles. The van der Waals surface area contributed by atoms with Crippen LogP contribution in [-0.2, 0) is 6.54 Å². The molecule has 96 valence electrons. The van der Waals surface area contributed by atoms with Gasteiger partial charge in [-0.05, 0) is 36.8 Å². The molecule has 2 aromatic carbocycles. The van der Waals surface area contributed by atoms with Crippen LogP contribution in [0.25, 0.3) is 10.9 Å². The van der Waals surface area contributed by atoms with Crippen LogP contribution in [0, 0.1) is 6.92 Å². The van der Waals surface area contributed by atoms with Crippen molar-refractivity contribution in [3.05, 3.63) is 53.7 Å². The predicted octanol–water partition coefficient (Wildman–Crippen LogP) is 3.12. The summed E-state index contributed by atoms with van der Waals surface area (Å²) in [7, 11) is 0. The van der Waals surface area contributed by atoms with Crippen LogP contribution in [0.4, 0.5) is 0 Å². The third-order valence-corrected chi connectivity index (χ3v) is 3.23. The number of aryl methyl sites for hydroxylation is 1. The fourth-order valence-corrected chi connectivity index (χ4v) is 2.07. The minimum absolute atomic E-state index is 0.542. The minimum Gasteiger partial charge on any atom is -0.457 e. The molecule has 0 spiro atoms. The molecule has 3 rings (SSSR count). The first-order valence-corrected chi connectivity index (χ1v) is 6.17. The number of aromatic nitrogens is 2. The van der Waals surface area contributed by atoms with E-state index in [2.05, 4.69) is 10.2 Å². The zero-order valence-electron chi connectivity index (χ0n) is 10.7. The Labute approximate surface area is 111 Å². The fraction of sp³-hybridized carbons (Fsp3) is 0.133. The number of nitrogens with one attached hydrogen (secondary N) is 1. The second-order valence-corrected chi connectivity index (χ2v) is 4.47. The van der Waals surface area contributed by atoms with E-state index in [0.717, 1.165) is 33.5 Å². The van der Waals surface area contributed by atoms with Crippen LogP contribution < -0.4 is 10.5 Å². The van der Waals surface area contributed by atoms with Crippen molar-refractivity contribution >= 4 is 10.9 Å². The van der Waals surface area contributed by atoms with E-state index in [1.54, 1.807) is 0 Å². The number of ether oxygens (including phenoxy) is 1. The third kappa shape index (κ3) is 2.18. The zero-order chi connectivity index (χ0) is 13.2. The highest BCUT2D eigenvalue weighted by molar-refractivity contribution is 5.83. The number of hydrogen-bond donors (Lipinski definition) is 2. The molecule has 4 nitrogen and oxygen atoms in total. The Hall–Kier alpha value is -2.33. The predicted molar refractivity (Wildman–Crippen MR) is 75.2 cm³/mol. The maximum absolute atomic E-state index is 5.90. The first kappa shape index (κ1) is 11.7. The highest BCUT2D eigenvalue weighted by Crippen LogP contribution is 2.29. The van der Waals surface area contributed by atoms with Crippen LogP contribution in [0.5, 0.6) is 11.5 Å². The molecule has 0 aliphatic carbocycles. The Morgan fingerprint density at radius 3 is 2.68 bits per heavy atom. The summed E-state index contributed by atoms with van der Waals surface area (Å²) in [5.41, 5.74) is 8.76. The lowest BCUT2D eigenvalue weighted by molar-refractivity contribution is 0.479. The summed E-state index contributed by atoms with van der Waals surface area (Å²) in [6.07, 6.45) is 1.81. The summed E-state index contributed by atoms with van der Waals surface area (Å²) in [5, 5.41) is 8.07. The Kier molecular flexibility index (Phi) is 2.93. The molecule has 0 bridgehead atoms. The molecule has 0 unspecified atom stereocenters. The van der Waals surface area contributed by atoms with Gasteiger partial charge in [-0.1, -0.05) is 12.1 Å². The van der Waals surface area contributed by atoms with Crippen molar-refractivity contribution in [1.29, 1.82) is 0 Å². The highest BCUT2D eigenvalue weighted by Gasteiger charge is 2.07. The van der Waals surface area contributed by atoms with E-state index in [-0.39, 0.29) is 0 Å². The quantitative estimate of drug-likeness (QED) is 0.753. The number of aromatic amines is 1. The number of benzene rings is 2. The normalized spacial score (nSPS) is 10.8. The Bertz CT molecular complexity index is 701. The van der Waals surface area contributed by atoms with E-state index in [0.29, 0.717) is 6.54 Å². The van der Waals surface area contributed by atoms with Crippen molar-refractivity contribution in [2.45, 2.75) is 13.5 Å². The van der Waals surface area contributed by atoms with Crippen molar-refractivity contribution in [3.63, 3.8) is 0 Å². The second kappa shape index (κ2) is 4.74. The molecule has 19 heavy (non-hydrogen) atoms. The molecular weight excluding hydrogens is 238 g/mol. The molecule has 4 heteroatoms. The van der Waals surface area contributed by atoms with Crippen molar-refractivity contribution in [3.8, 4) is 11.5 Å². The van der Waals surface area contributed by atoms with Gasteiger partial charge in [0.05, 0.1) is 11.7 Å². The number of nitrogens with two attached hydrogens (primary N) is 1. The Morgan fingerprint density at radius 2 is 1.95 bits per heavy atom. The molecular formula is C15H15N3O. The number of rotatable bonds is 3. The SMILES string of the molecule is Cc1c(Oc2ccc(CN)cc2)ccc2[nH]ncc12. The molecule has 3 N–H and O–H groups in total. The van der Waals surface area contributed by atoms with Crippen molar-refractivity contribution in [2.24, 2.45) is 5.73 Å². The Morgan fingerprint density at radius 1 is 1.16 bits per heavy atom. The van der Waals surface area contributed by atoms with Gasteiger partial charge in [-0.3, -0.25) is 5.10 Å². The summed E-state index contributed by atoms with van der Waals surface area (Å²) in [5.74, 6) is 1.65. The monoisotopic (exact) mass is 253 g/mol. The van der Waals surface area contributed by atoms with Crippen molar-refractivity contribution < 1.29 is 4.74 Å². The van der Waals surface area contributed by atoms with Crippen LogP contribution in [-0.4, -0.2) is 10.2 Å². The lowest BCUT2D eigenvalue weighted by Crippen LogP contribution is -1.95. The molecule has 0 fully saturated rings. The summed E-state index contributed by atoms with van der Waals surface area (Å²) in [4.78, 5) is 0. The van der Waals surface area contributed by atoms with E-state index in [1.807, 2.05) is 49.5 Å². The fourth-order valence-electron chi connectivity index (χ4n) is 2.07. The van der Waals surface area contributed by atoms with E-state index in [4.69, 9.17) is 10.5 Å². The van der Waals surface area contributed by atoms with Gasteiger partial charge >= 0.3 is 0 Å². The van der Waals surface area contributed by atoms with Crippen LogP contribution >= 0.6 is 0 Å². The average Bonchev–Trinajstić information content (AvgIpc) is 2.92. The van der Waals surface area contributed by atoms with Crippen LogP contribution in [0.2, 0.25) is 0 Å². The topological polar surface area (TPSA) is 63.9 Å². The number of nitrogens with zero attached hydrogens (tertiary/aromatic N) is 1. The molecule has 0 radical (unpaired) electrons. The second-order valence-electron chi connectivity index (χ2n) is 4.47. The standard InChI is InChI=1S/C15H15N3O/c1-10-13-9-17-18-14(13)6-7-15(10)19-12-4-2-11(8-16)3-5-12/h2-7,9H,8,16H2,1H3,(H,17,18). The maximum Gasteiger partial charge on any atom is 0.131 e. The number of H-pyrrole nitrogens is 1.